The number of piperidine rings is 1. The minimum absolute atomic E-state index is 0.107. The van der Waals surface area contributed by atoms with Gasteiger partial charge in [-0.15, -0.1) is 0 Å². The maximum Gasteiger partial charge on any atom is 0.338 e. The zero-order valence-electron chi connectivity index (χ0n) is 15.4. The Hall–Kier alpha value is -2.95. The summed E-state index contributed by atoms with van der Waals surface area (Å²) >= 11 is 0. The molecule has 0 radical (unpaired) electrons. The molecular formula is C22H23NO4. The average Bonchev–Trinajstić information content (AvgIpc) is 2.74. The van der Waals surface area contributed by atoms with E-state index < -0.39 is 12.1 Å². The van der Waals surface area contributed by atoms with E-state index in [1.807, 2.05) is 6.07 Å². The molecule has 5 nitrogen and oxygen atoms in total. The molecule has 5 heteroatoms. The molecule has 1 amide bonds. The number of hydrogen-bond donors (Lipinski definition) is 0. The first-order chi connectivity index (χ1) is 13.1. The SMILES string of the molecule is C[C@@H](OC(=O)c1ccc(C(=O)c2ccccc2)cc1)C(=O)N1CCCCC1. The first-order valence-corrected chi connectivity index (χ1v) is 9.26. The molecule has 1 fully saturated rings. The van der Waals surface area contributed by atoms with Gasteiger partial charge in [0.1, 0.15) is 0 Å². The van der Waals surface area contributed by atoms with Crippen LogP contribution in [0.4, 0.5) is 0 Å². The number of carbonyl (C=O) groups excluding carboxylic acids is 3. The van der Waals surface area contributed by atoms with E-state index in [0.29, 0.717) is 16.7 Å². The number of ether oxygens (including phenoxy) is 1. The summed E-state index contributed by atoms with van der Waals surface area (Å²) in [5.41, 5.74) is 1.40. The lowest BCUT2D eigenvalue weighted by Gasteiger charge is -2.28. The molecule has 27 heavy (non-hydrogen) atoms. The normalized spacial score (nSPS) is 15.1. The summed E-state index contributed by atoms with van der Waals surface area (Å²) in [7, 11) is 0. The van der Waals surface area contributed by atoms with Crippen molar-refractivity contribution in [3.05, 3.63) is 71.3 Å². The molecule has 1 atom stereocenters. The second-order valence-electron chi connectivity index (χ2n) is 6.71. The summed E-state index contributed by atoms with van der Waals surface area (Å²) in [5.74, 6) is -0.824. The largest absolute Gasteiger partial charge is 0.449 e. The number of rotatable bonds is 5. The number of ketones is 1. The summed E-state index contributed by atoms with van der Waals surface area (Å²) in [6.45, 7) is 3.04. The molecule has 0 bridgehead atoms. The third-order valence-electron chi connectivity index (χ3n) is 4.72. The minimum atomic E-state index is -0.818. The molecule has 1 aliphatic rings. The van der Waals surface area contributed by atoms with Gasteiger partial charge in [-0.05, 0) is 38.3 Å². The van der Waals surface area contributed by atoms with Crippen LogP contribution in [0.1, 0.15) is 52.5 Å². The van der Waals surface area contributed by atoms with Gasteiger partial charge in [-0.1, -0.05) is 42.5 Å². The first kappa shape index (κ1) is 18.8. The molecule has 1 heterocycles. The lowest BCUT2D eigenvalue weighted by molar-refractivity contribution is -0.140. The van der Waals surface area contributed by atoms with Crippen LogP contribution in [-0.2, 0) is 9.53 Å². The standard InChI is InChI=1S/C22H23NO4/c1-16(21(25)23-14-6-3-7-15-23)27-22(26)19-12-10-18(11-13-19)20(24)17-8-4-2-5-9-17/h2,4-5,8-13,16H,3,6-7,14-15H2,1H3/t16-/m1/s1. The Labute approximate surface area is 158 Å². The van der Waals surface area contributed by atoms with Gasteiger partial charge >= 0.3 is 5.97 Å². The van der Waals surface area contributed by atoms with Gasteiger partial charge in [-0.2, -0.15) is 0 Å². The Bertz CT molecular complexity index is 808. The summed E-state index contributed by atoms with van der Waals surface area (Å²) in [5, 5.41) is 0. The van der Waals surface area contributed by atoms with Crippen LogP contribution in [-0.4, -0.2) is 41.8 Å². The number of esters is 1. The monoisotopic (exact) mass is 365 g/mol. The van der Waals surface area contributed by atoms with Gasteiger partial charge in [-0.3, -0.25) is 9.59 Å². The molecule has 0 aliphatic carbocycles. The molecule has 2 aromatic rings. The zero-order valence-corrected chi connectivity index (χ0v) is 15.4. The summed E-state index contributed by atoms with van der Waals surface area (Å²) in [4.78, 5) is 38.8. The highest BCUT2D eigenvalue weighted by Gasteiger charge is 2.25. The molecule has 2 aromatic carbocycles. The topological polar surface area (TPSA) is 63.7 Å². The van der Waals surface area contributed by atoms with Crippen LogP contribution in [0.25, 0.3) is 0 Å². The summed E-state index contributed by atoms with van der Waals surface area (Å²) < 4.78 is 5.32. The predicted molar refractivity (Wildman–Crippen MR) is 102 cm³/mol. The van der Waals surface area contributed by atoms with E-state index in [1.54, 1.807) is 60.4 Å². The Morgan fingerprint density at radius 2 is 1.37 bits per heavy atom. The van der Waals surface area contributed by atoms with E-state index in [1.165, 1.54) is 0 Å². The van der Waals surface area contributed by atoms with Crippen LogP contribution in [0.3, 0.4) is 0 Å². The molecule has 1 saturated heterocycles. The van der Waals surface area contributed by atoms with Gasteiger partial charge in [0.15, 0.2) is 11.9 Å². The highest BCUT2D eigenvalue weighted by atomic mass is 16.5. The Morgan fingerprint density at radius 3 is 2.00 bits per heavy atom. The van der Waals surface area contributed by atoms with Crippen molar-refractivity contribution in [2.45, 2.75) is 32.3 Å². The minimum Gasteiger partial charge on any atom is -0.449 e. The van der Waals surface area contributed by atoms with Crippen LogP contribution in [0.15, 0.2) is 54.6 Å². The van der Waals surface area contributed by atoms with E-state index in [2.05, 4.69) is 0 Å². The van der Waals surface area contributed by atoms with Crippen molar-refractivity contribution in [2.24, 2.45) is 0 Å². The Kier molecular flexibility index (Phi) is 6.01. The van der Waals surface area contributed by atoms with Crippen molar-refractivity contribution >= 4 is 17.7 Å². The Morgan fingerprint density at radius 1 is 0.815 bits per heavy atom. The number of carbonyl (C=O) groups is 3. The summed E-state index contributed by atoms with van der Waals surface area (Å²) in [6.07, 6.45) is 2.29. The second-order valence-corrected chi connectivity index (χ2v) is 6.71. The van der Waals surface area contributed by atoms with Gasteiger partial charge in [0.2, 0.25) is 0 Å². The number of amides is 1. The van der Waals surface area contributed by atoms with Crippen molar-refractivity contribution < 1.29 is 19.1 Å². The van der Waals surface area contributed by atoms with E-state index in [-0.39, 0.29) is 11.7 Å². The molecule has 0 saturated carbocycles. The maximum atomic E-state index is 12.4. The average molecular weight is 365 g/mol. The van der Waals surface area contributed by atoms with Crippen molar-refractivity contribution in [3.8, 4) is 0 Å². The predicted octanol–water partition coefficient (Wildman–Crippen LogP) is 3.48. The molecular weight excluding hydrogens is 342 g/mol. The second kappa shape index (κ2) is 8.62. The maximum absolute atomic E-state index is 12.4. The van der Waals surface area contributed by atoms with Crippen molar-refractivity contribution in [2.75, 3.05) is 13.1 Å². The lowest BCUT2D eigenvalue weighted by Crippen LogP contribution is -2.42. The molecule has 3 rings (SSSR count). The van der Waals surface area contributed by atoms with Crippen LogP contribution in [0, 0.1) is 0 Å². The fourth-order valence-electron chi connectivity index (χ4n) is 3.16. The quantitative estimate of drug-likeness (QED) is 0.601. The molecule has 0 spiro atoms. The third kappa shape index (κ3) is 4.61. The molecule has 0 unspecified atom stereocenters. The number of nitrogens with zero attached hydrogens (tertiary/aromatic N) is 1. The van der Waals surface area contributed by atoms with Crippen LogP contribution >= 0.6 is 0 Å². The number of hydrogen-bond acceptors (Lipinski definition) is 4. The van der Waals surface area contributed by atoms with Crippen molar-refractivity contribution in [3.63, 3.8) is 0 Å². The van der Waals surface area contributed by atoms with Crippen molar-refractivity contribution in [1.29, 1.82) is 0 Å². The van der Waals surface area contributed by atoms with Gasteiger partial charge < -0.3 is 9.64 Å². The molecule has 140 valence electrons. The van der Waals surface area contributed by atoms with Crippen molar-refractivity contribution in [1.82, 2.24) is 4.90 Å². The van der Waals surface area contributed by atoms with Gasteiger partial charge in [0, 0.05) is 24.2 Å². The Balaban J connectivity index is 1.61. The van der Waals surface area contributed by atoms with Gasteiger partial charge in [0.05, 0.1) is 5.56 Å². The highest BCUT2D eigenvalue weighted by molar-refractivity contribution is 6.09. The first-order valence-electron chi connectivity index (χ1n) is 9.26. The van der Waals surface area contributed by atoms with Gasteiger partial charge in [0.25, 0.3) is 5.91 Å². The molecule has 0 N–H and O–H groups in total. The number of benzene rings is 2. The fourth-order valence-corrected chi connectivity index (χ4v) is 3.16. The van der Waals surface area contributed by atoms with Crippen LogP contribution in [0.2, 0.25) is 0 Å². The zero-order chi connectivity index (χ0) is 19.2. The van der Waals surface area contributed by atoms with Crippen LogP contribution in [0.5, 0.6) is 0 Å². The summed E-state index contributed by atoms with van der Waals surface area (Å²) in [6, 6.07) is 15.3. The van der Waals surface area contributed by atoms with E-state index >= 15 is 0 Å². The van der Waals surface area contributed by atoms with E-state index in [4.69, 9.17) is 4.74 Å². The molecule has 0 aromatic heterocycles. The highest BCUT2D eigenvalue weighted by Crippen LogP contribution is 2.14. The van der Waals surface area contributed by atoms with Crippen LogP contribution < -0.4 is 0 Å². The lowest BCUT2D eigenvalue weighted by atomic mass is 10.0. The fraction of sp³-hybridized carbons (Fsp3) is 0.318. The molecule has 1 aliphatic heterocycles. The van der Waals surface area contributed by atoms with Gasteiger partial charge in [-0.25, -0.2) is 4.79 Å². The smallest absolute Gasteiger partial charge is 0.338 e. The van der Waals surface area contributed by atoms with E-state index in [0.717, 1.165) is 32.4 Å². The number of likely N-dealkylation sites (tertiary alicyclic amines) is 1. The van der Waals surface area contributed by atoms with E-state index in [9.17, 15) is 14.4 Å². The third-order valence-corrected chi connectivity index (χ3v) is 4.72.